The van der Waals surface area contributed by atoms with Crippen LogP contribution in [-0.2, 0) is 9.53 Å². The molecule has 1 saturated heterocycles. The van der Waals surface area contributed by atoms with E-state index in [1.54, 1.807) is 13.8 Å². The van der Waals surface area contributed by atoms with Gasteiger partial charge in [0, 0.05) is 6.04 Å². The van der Waals surface area contributed by atoms with Crippen LogP contribution in [0.5, 0.6) is 0 Å². The molecule has 0 aromatic carbocycles. The Morgan fingerprint density at radius 1 is 1.42 bits per heavy atom. The van der Waals surface area contributed by atoms with Crippen LogP contribution in [0.15, 0.2) is 0 Å². The van der Waals surface area contributed by atoms with Crippen molar-refractivity contribution in [2.24, 2.45) is 0 Å². The van der Waals surface area contributed by atoms with Gasteiger partial charge < -0.3 is 4.74 Å². The molecule has 2 amide bonds. The van der Waals surface area contributed by atoms with Gasteiger partial charge in [0.15, 0.2) is 0 Å². The van der Waals surface area contributed by atoms with Crippen LogP contribution in [0, 0.1) is 0 Å². The Bertz CT molecular complexity index is 239. The van der Waals surface area contributed by atoms with E-state index in [0.29, 0.717) is 0 Å². The number of hydrogen-bond acceptors (Lipinski definition) is 3. The van der Waals surface area contributed by atoms with Crippen LogP contribution < -0.4 is 0 Å². The minimum Gasteiger partial charge on any atom is -0.402 e. The number of carbonyl (C=O) groups is 2. The number of alkyl halides is 2. The fraction of sp³-hybridized carbons (Fsp3) is 0.667. The lowest BCUT2D eigenvalue weighted by atomic mass is 10.3. The van der Waals surface area contributed by atoms with Gasteiger partial charge in [0.25, 0.3) is 0 Å². The molecule has 0 aromatic rings. The highest BCUT2D eigenvalue weighted by Crippen LogP contribution is 2.33. The maximum absolute atomic E-state index is 11.2. The van der Waals surface area contributed by atoms with E-state index in [4.69, 9.17) is 23.2 Å². The van der Waals surface area contributed by atoms with Crippen LogP contribution in [-0.4, -0.2) is 27.5 Å². The number of imide groups is 1. The molecule has 1 fully saturated rings. The first-order chi connectivity index (χ1) is 5.36. The number of amides is 2. The van der Waals surface area contributed by atoms with E-state index in [1.807, 2.05) is 0 Å². The number of nitrogens with zero attached hydrogens (tertiary/aromatic N) is 1. The van der Waals surface area contributed by atoms with Crippen LogP contribution in [0.25, 0.3) is 0 Å². The predicted molar refractivity (Wildman–Crippen MR) is 42.9 cm³/mol. The van der Waals surface area contributed by atoms with Gasteiger partial charge in [0.05, 0.1) is 0 Å². The lowest BCUT2D eigenvalue weighted by Crippen LogP contribution is -2.38. The van der Waals surface area contributed by atoms with Crippen molar-refractivity contribution in [2.45, 2.75) is 24.4 Å². The Kier molecular flexibility index (Phi) is 2.23. The summed E-state index contributed by atoms with van der Waals surface area (Å²) in [5, 5.41) is 0. The maximum atomic E-state index is 11.2. The Hall–Kier alpha value is -0.480. The molecule has 1 aliphatic rings. The summed E-state index contributed by atoms with van der Waals surface area (Å²) in [6, 6.07) is -0.302. The monoisotopic (exact) mass is 211 g/mol. The summed E-state index contributed by atoms with van der Waals surface area (Å²) in [5.74, 6) is -0.731. The van der Waals surface area contributed by atoms with E-state index >= 15 is 0 Å². The van der Waals surface area contributed by atoms with Crippen molar-refractivity contribution in [3.8, 4) is 0 Å². The zero-order valence-electron chi connectivity index (χ0n) is 6.51. The molecule has 0 atom stereocenters. The van der Waals surface area contributed by atoms with Crippen molar-refractivity contribution in [3.63, 3.8) is 0 Å². The van der Waals surface area contributed by atoms with Gasteiger partial charge in [-0.05, 0) is 37.0 Å². The first kappa shape index (κ1) is 9.61. The zero-order valence-corrected chi connectivity index (χ0v) is 8.02. The van der Waals surface area contributed by atoms with Gasteiger partial charge in [-0.15, -0.1) is 0 Å². The molecule has 68 valence electrons. The molecule has 6 heteroatoms. The Morgan fingerprint density at radius 3 is 2.08 bits per heavy atom. The van der Waals surface area contributed by atoms with E-state index < -0.39 is 16.5 Å². The average molecular weight is 212 g/mol. The van der Waals surface area contributed by atoms with Crippen LogP contribution in [0.3, 0.4) is 0 Å². The van der Waals surface area contributed by atoms with Gasteiger partial charge in [0.2, 0.25) is 0 Å². The third-order valence-corrected chi connectivity index (χ3v) is 1.87. The number of carbonyl (C=O) groups excluding carboxylic acids is 2. The van der Waals surface area contributed by atoms with E-state index in [-0.39, 0.29) is 6.04 Å². The smallest absolute Gasteiger partial charge is 0.402 e. The molecule has 0 aliphatic carbocycles. The maximum Gasteiger partial charge on any atom is 0.420 e. The molecule has 12 heavy (non-hydrogen) atoms. The average Bonchev–Trinajstić information content (AvgIpc) is 2.02. The van der Waals surface area contributed by atoms with Crippen molar-refractivity contribution in [2.75, 3.05) is 0 Å². The van der Waals surface area contributed by atoms with Crippen molar-refractivity contribution < 1.29 is 14.3 Å². The molecule has 0 unspecified atom stereocenters. The lowest BCUT2D eigenvalue weighted by Gasteiger charge is -2.14. The standard InChI is InChI=1S/C6H7Cl2NO3/c1-3(2)9-4(10)6(7,8)12-5(9)11/h3H,1-2H3. The zero-order chi connectivity index (χ0) is 9.52. The summed E-state index contributed by atoms with van der Waals surface area (Å²) in [7, 11) is 0. The Balaban J connectivity index is 2.93. The summed E-state index contributed by atoms with van der Waals surface area (Å²) in [6.07, 6.45) is -0.806. The first-order valence-corrected chi connectivity index (χ1v) is 4.06. The second-order valence-corrected chi connectivity index (χ2v) is 3.91. The van der Waals surface area contributed by atoms with Crippen molar-refractivity contribution in [1.82, 2.24) is 4.90 Å². The summed E-state index contributed by atoms with van der Waals surface area (Å²) in [6.45, 7) is 3.32. The molecule has 0 saturated carbocycles. The summed E-state index contributed by atoms with van der Waals surface area (Å²) in [4.78, 5) is 23.0. The summed E-state index contributed by atoms with van der Waals surface area (Å²) >= 11 is 10.8. The van der Waals surface area contributed by atoms with Gasteiger partial charge in [-0.1, -0.05) is 0 Å². The highest BCUT2D eigenvalue weighted by atomic mass is 35.5. The molecular weight excluding hydrogens is 205 g/mol. The molecule has 0 N–H and O–H groups in total. The topological polar surface area (TPSA) is 46.6 Å². The molecule has 0 spiro atoms. The largest absolute Gasteiger partial charge is 0.420 e. The van der Waals surface area contributed by atoms with Gasteiger partial charge in [-0.3, -0.25) is 4.79 Å². The van der Waals surface area contributed by atoms with Crippen LogP contribution in [0.1, 0.15) is 13.8 Å². The number of ether oxygens (including phenoxy) is 1. The quantitative estimate of drug-likeness (QED) is 0.618. The van der Waals surface area contributed by atoms with Crippen LogP contribution >= 0.6 is 23.2 Å². The first-order valence-electron chi connectivity index (χ1n) is 3.30. The second-order valence-electron chi connectivity index (χ2n) is 2.65. The number of rotatable bonds is 1. The Labute approximate surface area is 79.4 Å². The molecule has 0 radical (unpaired) electrons. The SMILES string of the molecule is CC(C)N1C(=O)OC(Cl)(Cl)C1=O. The van der Waals surface area contributed by atoms with E-state index in [9.17, 15) is 9.59 Å². The normalized spacial score (nSPS) is 21.9. The summed E-state index contributed by atoms with van der Waals surface area (Å²) < 4.78 is 2.36. The van der Waals surface area contributed by atoms with Gasteiger partial charge in [-0.25, -0.2) is 9.69 Å². The van der Waals surface area contributed by atoms with Crippen molar-refractivity contribution in [1.29, 1.82) is 0 Å². The molecular formula is C6H7Cl2NO3. The van der Waals surface area contributed by atoms with Crippen LogP contribution in [0.2, 0.25) is 0 Å². The van der Waals surface area contributed by atoms with Crippen molar-refractivity contribution in [3.05, 3.63) is 0 Å². The van der Waals surface area contributed by atoms with E-state index in [0.717, 1.165) is 4.90 Å². The van der Waals surface area contributed by atoms with Gasteiger partial charge >= 0.3 is 16.5 Å². The minimum absolute atomic E-state index is 0.302. The van der Waals surface area contributed by atoms with E-state index in [1.165, 1.54) is 0 Å². The Morgan fingerprint density at radius 2 is 1.92 bits per heavy atom. The molecule has 4 nitrogen and oxygen atoms in total. The fourth-order valence-electron chi connectivity index (χ4n) is 0.871. The molecule has 1 aliphatic heterocycles. The molecule has 0 bridgehead atoms. The predicted octanol–water partition coefficient (Wildman–Crippen LogP) is 1.50. The second kappa shape index (κ2) is 2.78. The molecule has 1 rings (SSSR count). The third kappa shape index (κ3) is 1.36. The fourth-order valence-corrected chi connectivity index (χ4v) is 1.19. The number of hydrogen-bond donors (Lipinski definition) is 0. The molecule has 0 aromatic heterocycles. The van der Waals surface area contributed by atoms with Crippen molar-refractivity contribution >= 4 is 35.2 Å². The molecule has 1 heterocycles. The van der Waals surface area contributed by atoms with Gasteiger partial charge in [-0.2, -0.15) is 0 Å². The third-order valence-electron chi connectivity index (χ3n) is 1.40. The van der Waals surface area contributed by atoms with Gasteiger partial charge in [0.1, 0.15) is 0 Å². The minimum atomic E-state index is -2.04. The highest BCUT2D eigenvalue weighted by molar-refractivity contribution is 6.58. The summed E-state index contributed by atoms with van der Waals surface area (Å²) in [5.41, 5.74) is 0. The number of cyclic esters (lactones) is 1. The van der Waals surface area contributed by atoms with E-state index in [2.05, 4.69) is 4.74 Å². The lowest BCUT2D eigenvalue weighted by molar-refractivity contribution is -0.129. The van der Waals surface area contributed by atoms with Crippen LogP contribution in [0.4, 0.5) is 4.79 Å². The number of halogens is 2. The highest BCUT2D eigenvalue weighted by Gasteiger charge is 2.52.